The SMILES string of the molecule is [C-]#[N+]c1c(F)c[c-]c(-n2ccc(C(C)(C)C(C)(C)c3ccn(-c4[c-]cccc4)n3)n2)c1F.[Pt+2]. The van der Waals surface area contributed by atoms with Crippen LogP contribution in [0.3, 0.4) is 0 Å². The van der Waals surface area contributed by atoms with Gasteiger partial charge in [0.25, 0.3) is 0 Å². The zero-order valence-electron chi connectivity index (χ0n) is 18.5. The first-order chi connectivity index (χ1) is 15.2. The van der Waals surface area contributed by atoms with Crippen LogP contribution in [0.1, 0.15) is 39.1 Å². The van der Waals surface area contributed by atoms with Crippen LogP contribution in [0.5, 0.6) is 0 Å². The maximum absolute atomic E-state index is 14.6. The molecule has 0 aliphatic heterocycles. The molecule has 0 bridgehead atoms. The van der Waals surface area contributed by atoms with E-state index in [1.165, 1.54) is 4.68 Å². The predicted molar refractivity (Wildman–Crippen MR) is 117 cm³/mol. The Balaban J connectivity index is 0.00000306. The molecule has 0 radical (unpaired) electrons. The number of halogens is 2. The van der Waals surface area contributed by atoms with Gasteiger partial charge in [0.2, 0.25) is 0 Å². The Morgan fingerprint density at radius 1 is 0.909 bits per heavy atom. The summed E-state index contributed by atoms with van der Waals surface area (Å²) >= 11 is 0. The molecule has 170 valence electrons. The van der Waals surface area contributed by atoms with Gasteiger partial charge in [-0.3, -0.25) is 23.0 Å². The summed E-state index contributed by atoms with van der Waals surface area (Å²) in [6.45, 7) is 15.3. The number of nitrogens with zero attached hydrogens (tertiary/aromatic N) is 5. The van der Waals surface area contributed by atoms with Gasteiger partial charge in [0.05, 0.1) is 18.0 Å². The van der Waals surface area contributed by atoms with Crippen molar-refractivity contribution in [3.63, 3.8) is 0 Å². The summed E-state index contributed by atoms with van der Waals surface area (Å²) in [7, 11) is 0. The van der Waals surface area contributed by atoms with Crippen molar-refractivity contribution in [3.8, 4) is 11.4 Å². The Labute approximate surface area is 206 Å². The van der Waals surface area contributed by atoms with Crippen molar-refractivity contribution < 1.29 is 29.8 Å². The van der Waals surface area contributed by atoms with E-state index in [4.69, 9.17) is 11.7 Å². The van der Waals surface area contributed by atoms with Crippen molar-refractivity contribution in [1.82, 2.24) is 19.6 Å². The molecule has 0 aliphatic carbocycles. The average molecular weight is 625 g/mol. The van der Waals surface area contributed by atoms with Crippen LogP contribution in [-0.4, -0.2) is 19.6 Å². The van der Waals surface area contributed by atoms with E-state index in [2.05, 4.69) is 35.9 Å². The molecule has 0 aliphatic rings. The third kappa shape index (κ3) is 4.16. The van der Waals surface area contributed by atoms with Crippen molar-refractivity contribution in [3.05, 3.63) is 101 Å². The van der Waals surface area contributed by atoms with Gasteiger partial charge in [-0.1, -0.05) is 27.7 Å². The summed E-state index contributed by atoms with van der Waals surface area (Å²) in [5.41, 5.74) is 0.693. The molecule has 5 nitrogen and oxygen atoms in total. The minimum Gasteiger partial charge on any atom is -0.297 e. The molecule has 4 aromatic rings. The molecule has 0 saturated carbocycles. The normalized spacial score (nSPS) is 11.7. The van der Waals surface area contributed by atoms with E-state index in [9.17, 15) is 8.78 Å². The van der Waals surface area contributed by atoms with Crippen molar-refractivity contribution in [2.75, 3.05) is 0 Å². The van der Waals surface area contributed by atoms with E-state index in [1.807, 2.05) is 50.4 Å². The van der Waals surface area contributed by atoms with Gasteiger partial charge in [0.1, 0.15) is 0 Å². The van der Waals surface area contributed by atoms with Gasteiger partial charge >= 0.3 is 21.1 Å². The quantitative estimate of drug-likeness (QED) is 0.266. The molecule has 33 heavy (non-hydrogen) atoms. The summed E-state index contributed by atoms with van der Waals surface area (Å²) in [6, 6.07) is 18.0. The number of hydrogen-bond donors (Lipinski definition) is 0. The molecule has 2 aromatic heterocycles. The van der Waals surface area contributed by atoms with Crippen LogP contribution in [-0.2, 0) is 31.9 Å². The molecule has 0 spiro atoms. The number of benzene rings is 2. The summed E-state index contributed by atoms with van der Waals surface area (Å²) in [5.74, 6) is -1.93. The number of rotatable bonds is 5. The van der Waals surface area contributed by atoms with Crippen LogP contribution in [0.2, 0.25) is 0 Å². The molecule has 4 rings (SSSR count). The third-order valence-electron chi connectivity index (χ3n) is 6.28. The van der Waals surface area contributed by atoms with Crippen LogP contribution >= 0.6 is 0 Å². The molecular weight excluding hydrogens is 603 g/mol. The molecule has 0 amide bonds. The fourth-order valence-electron chi connectivity index (χ4n) is 3.49. The summed E-state index contributed by atoms with van der Waals surface area (Å²) in [4.78, 5) is 2.94. The zero-order chi connectivity index (χ0) is 23.1. The Morgan fingerprint density at radius 3 is 2.09 bits per heavy atom. The molecule has 0 atom stereocenters. The molecule has 2 aromatic carbocycles. The largest absolute Gasteiger partial charge is 2.00 e. The van der Waals surface area contributed by atoms with Crippen LogP contribution in [0.4, 0.5) is 14.5 Å². The van der Waals surface area contributed by atoms with Crippen molar-refractivity contribution >= 4 is 5.69 Å². The fraction of sp³-hybridized carbons (Fsp3) is 0.240. The minimum absolute atomic E-state index is 0. The first-order valence-corrected chi connectivity index (χ1v) is 10.0. The smallest absolute Gasteiger partial charge is 0.297 e. The van der Waals surface area contributed by atoms with Gasteiger partial charge in [0, 0.05) is 34.9 Å². The van der Waals surface area contributed by atoms with Gasteiger partial charge in [-0.15, -0.1) is 6.07 Å². The molecule has 8 heteroatoms. The Hall–Kier alpha value is -3.10. The summed E-state index contributed by atoms with van der Waals surface area (Å²) in [5, 5.41) is 9.32. The second-order valence-electron chi connectivity index (χ2n) is 8.55. The Kier molecular flexibility index (Phi) is 6.72. The first kappa shape index (κ1) is 24.5. The average Bonchev–Trinajstić information content (AvgIpc) is 3.45. The van der Waals surface area contributed by atoms with E-state index < -0.39 is 28.2 Å². The van der Waals surface area contributed by atoms with Crippen LogP contribution < -0.4 is 0 Å². The van der Waals surface area contributed by atoms with Gasteiger partial charge in [-0.05, 0) is 23.5 Å². The van der Waals surface area contributed by atoms with Crippen LogP contribution in [0, 0.1) is 30.3 Å². The number of hydrogen-bond acceptors (Lipinski definition) is 2. The van der Waals surface area contributed by atoms with Crippen molar-refractivity contribution in [2.24, 2.45) is 0 Å². The van der Waals surface area contributed by atoms with Crippen molar-refractivity contribution in [1.29, 1.82) is 0 Å². The van der Waals surface area contributed by atoms with E-state index in [-0.39, 0.29) is 26.8 Å². The monoisotopic (exact) mass is 624 g/mol. The molecule has 0 saturated heterocycles. The van der Waals surface area contributed by atoms with Gasteiger partial charge in [-0.25, -0.2) is 0 Å². The predicted octanol–water partition coefficient (Wildman–Crippen LogP) is 5.74. The summed E-state index contributed by atoms with van der Waals surface area (Å²) in [6.07, 6.45) is 3.48. The molecule has 0 fully saturated rings. The van der Waals surface area contributed by atoms with E-state index in [0.29, 0.717) is 5.69 Å². The maximum Gasteiger partial charge on any atom is 2.00 e. The second kappa shape index (κ2) is 9.03. The van der Waals surface area contributed by atoms with Crippen LogP contribution in [0.25, 0.3) is 16.2 Å². The van der Waals surface area contributed by atoms with Gasteiger partial charge < -0.3 is 0 Å². The molecule has 0 N–H and O–H groups in total. The van der Waals surface area contributed by atoms with Gasteiger partial charge in [0.15, 0.2) is 5.69 Å². The van der Waals surface area contributed by atoms with Crippen LogP contribution in [0.15, 0.2) is 54.9 Å². The number of aromatic nitrogens is 4. The molecular formula is C25H21F2N5Pt. The fourth-order valence-corrected chi connectivity index (χ4v) is 3.49. The van der Waals surface area contributed by atoms with E-state index in [1.54, 1.807) is 16.9 Å². The minimum atomic E-state index is -0.982. The standard InChI is InChI=1S/C25H21F2N5.Pt/c1-24(2,20-13-15-31(29-20)17-9-7-6-8-10-17)25(3,4)21-14-16-32(30-21)19-12-11-18(26)23(28-5)22(19)27;/h6-9,11,13-16H,1-4H3;/q-2;+2. The Bertz CT molecular complexity index is 1320. The van der Waals surface area contributed by atoms with E-state index in [0.717, 1.165) is 17.4 Å². The molecule has 2 heterocycles. The second-order valence-corrected chi connectivity index (χ2v) is 8.55. The third-order valence-corrected chi connectivity index (χ3v) is 6.28. The summed E-state index contributed by atoms with van der Waals surface area (Å²) < 4.78 is 31.4. The molecule has 0 unspecified atom stereocenters. The van der Waals surface area contributed by atoms with Crippen molar-refractivity contribution in [2.45, 2.75) is 38.5 Å². The first-order valence-electron chi connectivity index (χ1n) is 10.0. The Morgan fingerprint density at radius 2 is 1.52 bits per heavy atom. The van der Waals surface area contributed by atoms with E-state index >= 15 is 0 Å². The number of para-hydroxylation sites is 1. The zero-order valence-corrected chi connectivity index (χ0v) is 20.8. The maximum atomic E-state index is 14.6. The van der Waals surface area contributed by atoms with Gasteiger partial charge in [-0.2, -0.15) is 46.6 Å². The topological polar surface area (TPSA) is 40.0 Å².